The zero-order valence-corrected chi connectivity index (χ0v) is 38.0. The Labute approximate surface area is 362 Å². The molecule has 0 fully saturated rings. The van der Waals surface area contributed by atoms with Crippen LogP contribution in [0.1, 0.15) is 0 Å². The third-order valence-corrected chi connectivity index (χ3v) is 16.6. The Balaban J connectivity index is 1.45. The van der Waals surface area contributed by atoms with Gasteiger partial charge in [-0.3, -0.25) is 0 Å². The van der Waals surface area contributed by atoms with Crippen molar-refractivity contribution >= 4 is 86.7 Å². The van der Waals surface area contributed by atoms with E-state index in [-0.39, 0.29) is 0 Å². The fraction of sp³-hybridized carbons (Fsp3) is 0.103. The molecule has 0 amide bonds. The first-order chi connectivity index (χ1) is 29.6. The number of para-hydroxylation sites is 2. The monoisotopic (exact) mass is 817 g/mol. The molecule has 0 N–H and O–H groups in total. The zero-order valence-electron chi connectivity index (χ0n) is 36.0. The van der Waals surface area contributed by atoms with E-state index in [1.54, 1.807) is 0 Å². The summed E-state index contributed by atoms with van der Waals surface area (Å²) in [5.74, 6) is 0. The molecule has 61 heavy (non-hydrogen) atoms. The van der Waals surface area contributed by atoms with Crippen LogP contribution in [0, 0.1) is 0 Å². The van der Waals surface area contributed by atoms with Crippen molar-refractivity contribution in [1.29, 1.82) is 0 Å². The average Bonchev–Trinajstić information content (AvgIpc) is 3.28. The largest absolute Gasteiger partial charge is 0.309 e. The lowest BCUT2D eigenvalue weighted by Crippen LogP contribution is -2.37. The fourth-order valence-electron chi connectivity index (χ4n) is 9.43. The van der Waals surface area contributed by atoms with Gasteiger partial charge in [0.1, 0.15) is 0 Å². The molecule has 0 aliphatic heterocycles. The maximum absolute atomic E-state index is 2.56. The highest BCUT2D eigenvalue weighted by molar-refractivity contribution is 6.89. The van der Waals surface area contributed by atoms with Crippen LogP contribution >= 0.6 is 0 Å². The third-order valence-electron chi connectivity index (χ3n) is 12.5. The van der Waals surface area contributed by atoms with Crippen LogP contribution in [0.15, 0.2) is 200 Å². The highest BCUT2D eigenvalue weighted by Crippen LogP contribution is 2.52. The summed E-state index contributed by atoms with van der Waals surface area (Å²) < 4.78 is 0. The van der Waals surface area contributed by atoms with Gasteiger partial charge >= 0.3 is 0 Å². The quantitative estimate of drug-likeness (QED) is 0.0839. The van der Waals surface area contributed by atoms with Crippen molar-refractivity contribution in [1.82, 2.24) is 0 Å². The topological polar surface area (TPSA) is 3.24 Å². The molecule has 0 aromatic heterocycles. The minimum Gasteiger partial charge on any atom is -0.309 e. The molecule has 10 rings (SSSR count). The number of hydrogen-bond acceptors (Lipinski definition) is 1. The van der Waals surface area contributed by atoms with Crippen LogP contribution < -0.4 is 15.3 Å². The molecule has 10 aromatic carbocycles. The van der Waals surface area contributed by atoms with E-state index in [2.05, 4.69) is 244 Å². The number of anilines is 3. The zero-order chi connectivity index (χ0) is 41.9. The van der Waals surface area contributed by atoms with Crippen LogP contribution in [0.2, 0.25) is 39.3 Å². The highest BCUT2D eigenvalue weighted by atomic mass is 28.3. The predicted molar refractivity (Wildman–Crippen MR) is 273 cm³/mol. The molecule has 0 saturated carbocycles. The molecule has 0 saturated heterocycles. The molecule has 0 spiro atoms. The number of hydrogen-bond donors (Lipinski definition) is 0. The van der Waals surface area contributed by atoms with Gasteiger partial charge in [-0.2, -0.15) is 0 Å². The second kappa shape index (κ2) is 15.2. The van der Waals surface area contributed by atoms with Crippen molar-refractivity contribution in [2.75, 3.05) is 4.90 Å². The van der Waals surface area contributed by atoms with Crippen molar-refractivity contribution in [2.24, 2.45) is 0 Å². The Morgan fingerprint density at radius 3 is 1.13 bits per heavy atom. The number of fused-ring (bicyclic) bond motifs is 5. The summed E-state index contributed by atoms with van der Waals surface area (Å²) in [6.07, 6.45) is 0. The second-order valence-electron chi connectivity index (χ2n) is 18.5. The van der Waals surface area contributed by atoms with Crippen LogP contribution in [0.4, 0.5) is 17.1 Å². The van der Waals surface area contributed by atoms with Crippen molar-refractivity contribution < 1.29 is 0 Å². The van der Waals surface area contributed by atoms with E-state index in [0.29, 0.717) is 0 Å². The van der Waals surface area contributed by atoms with E-state index >= 15 is 0 Å². The normalized spacial score (nSPS) is 12.1. The van der Waals surface area contributed by atoms with Crippen LogP contribution in [-0.2, 0) is 0 Å². The lowest BCUT2D eigenvalue weighted by molar-refractivity contribution is 1.30. The summed E-state index contributed by atoms with van der Waals surface area (Å²) in [4.78, 5) is 2.47. The number of benzene rings is 10. The van der Waals surface area contributed by atoms with E-state index in [0.717, 1.165) is 11.4 Å². The van der Waals surface area contributed by atoms with Gasteiger partial charge in [-0.25, -0.2) is 0 Å². The maximum Gasteiger partial charge on any atom is 0.0776 e. The van der Waals surface area contributed by atoms with Gasteiger partial charge < -0.3 is 4.90 Å². The Bertz CT molecular complexity index is 3210. The Kier molecular flexibility index (Phi) is 9.62. The molecule has 0 heterocycles. The summed E-state index contributed by atoms with van der Waals surface area (Å²) >= 11 is 0. The number of rotatable bonds is 8. The van der Waals surface area contributed by atoms with Gasteiger partial charge in [-0.15, -0.1) is 0 Å². The molecular formula is C58H51NSi2. The minimum absolute atomic E-state index is 1.12. The molecule has 0 aliphatic carbocycles. The van der Waals surface area contributed by atoms with Gasteiger partial charge in [0, 0.05) is 22.3 Å². The van der Waals surface area contributed by atoms with Crippen molar-refractivity contribution in [2.45, 2.75) is 39.3 Å². The van der Waals surface area contributed by atoms with Gasteiger partial charge in [0.15, 0.2) is 0 Å². The van der Waals surface area contributed by atoms with Crippen molar-refractivity contribution in [3.8, 4) is 33.4 Å². The summed E-state index contributed by atoms with van der Waals surface area (Å²) in [5, 5.41) is 13.0. The Hall–Kier alpha value is -6.53. The van der Waals surface area contributed by atoms with Gasteiger partial charge in [-0.05, 0) is 102 Å². The maximum atomic E-state index is 2.56. The SMILES string of the molecule is C[Si](C)(C)c1cccc(-c2c3ccccc3c(-c3cccc([Si](C)(C)C)c3)c3cc4c(cc23)c(-c2ccccc2)c(N(c2ccccc2)c2ccccc2)c2ccccc24)c1. The van der Waals surface area contributed by atoms with Gasteiger partial charge in [0.2, 0.25) is 0 Å². The molecule has 0 bridgehead atoms. The summed E-state index contributed by atoms with van der Waals surface area (Å²) in [6, 6.07) is 75.1. The van der Waals surface area contributed by atoms with E-state index in [1.807, 2.05) is 0 Å². The molecule has 10 aromatic rings. The van der Waals surface area contributed by atoms with Gasteiger partial charge in [0.05, 0.1) is 21.8 Å². The number of nitrogens with zero attached hydrogens (tertiary/aromatic N) is 1. The lowest BCUT2D eigenvalue weighted by Gasteiger charge is -2.31. The molecule has 296 valence electrons. The standard InChI is InChI=1S/C58H51NSi2/c1-60(2,3)45-30-20-24-41(36-45)55-48-33-17-18-34-49(48)56(42-25-21-31-46(37-42)61(4,5)6)54-39-52-51(38-53(54)55)47-32-16-19-35-50(47)58(57(52)40-22-10-7-11-23-40)59(43-26-12-8-13-27-43)44-28-14-9-15-29-44/h7-39H,1-6H3. The van der Waals surface area contributed by atoms with Crippen molar-refractivity contribution in [3.05, 3.63) is 200 Å². The minimum atomic E-state index is -1.63. The molecule has 0 radical (unpaired) electrons. The molecule has 3 heteroatoms. The third kappa shape index (κ3) is 6.88. The summed E-state index contributed by atoms with van der Waals surface area (Å²) in [5.41, 5.74) is 11.0. The summed E-state index contributed by atoms with van der Waals surface area (Å²) in [7, 11) is -3.25. The Morgan fingerprint density at radius 1 is 0.279 bits per heavy atom. The van der Waals surface area contributed by atoms with Crippen LogP contribution in [0.25, 0.3) is 76.5 Å². The van der Waals surface area contributed by atoms with Crippen LogP contribution in [0.5, 0.6) is 0 Å². The van der Waals surface area contributed by atoms with Gasteiger partial charge in [-0.1, -0.05) is 213 Å². The first-order valence-corrected chi connectivity index (χ1v) is 28.6. The molecular weight excluding hydrogens is 767 g/mol. The predicted octanol–water partition coefficient (Wildman–Crippen LogP) is 15.9. The van der Waals surface area contributed by atoms with E-state index < -0.39 is 16.1 Å². The average molecular weight is 818 g/mol. The Morgan fingerprint density at radius 2 is 0.656 bits per heavy atom. The van der Waals surface area contributed by atoms with E-state index in [4.69, 9.17) is 0 Å². The molecule has 0 aliphatic rings. The fourth-order valence-corrected chi connectivity index (χ4v) is 11.8. The van der Waals surface area contributed by atoms with Crippen molar-refractivity contribution in [3.63, 3.8) is 0 Å². The first kappa shape index (κ1) is 38.7. The smallest absolute Gasteiger partial charge is 0.0776 e. The summed E-state index contributed by atoms with van der Waals surface area (Å²) in [6.45, 7) is 14.7. The van der Waals surface area contributed by atoms with Crippen LogP contribution in [0.3, 0.4) is 0 Å². The van der Waals surface area contributed by atoms with Gasteiger partial charge in [0.25, 0.3) is 0 Å². The van der Waals surface area contributed by atoms with E-state index in [9.17, 15) is 0 Å². The van der Waals surface area contributed by atoms with Crippen LogP contribution in [-0.4, -0.2) is 16.1 Å². The first-order valence-electron chi connectivity index (χ1n) is 21.6. The lowest BCUT2D eigenvalue weighted by atomic mass is 9.82. The second-order valence-corrected chi connectivity index (χ2v) is 28.7. The molecule has 0 atom stereocenters. The van der Waals surface area contributed by atoms with E-state index in [1.165, 1.54) is 92.5 Å². The molecule has 0 unspecified atom stereocenters. The molecule has 1 nitrogen and oxygen atoms in total. The highest BCUT2D eigenvalue weighted by Gasteiger charge is 2.27.